The van der Waals surface area contributed by atoms with Crippen molar-refractivity contribution in [3.63, 3.8) is 0 Å². The molecular formula is C17H28N2O2. The van der Waals surface area contributed by atoms with Crippen LogP contribution in [0.1, 0.15) is 65.7 Å². The smallest absolute Gasteiger partial charge is 0.410 e. The fourth-order valence-electron chi connectivity index (χ4n) is 3.00. The molecule has 0 N–H and O–H groups in total. The summed E-state index contributed by atoms with van der Waals surface area (Å²) in [5, 5.41) is 8.94. The summed E-state index contributed by atoms with van der Waals surface area (Å²) in [5.41, 5.74) is -0.738. The minimum Gasteiger partial charge on any atom is -0.444 e. The summed E-state index contributed by atoms with van der Waals surface area (Å²) >= 11 is 0. The molecule has 0 saturated carbocycles. The van der Waals surface area contributed by atoms with Crippen LogP contribution in [-0.2, 0) is 4.74 Å². The number of nitriles is 1. The Bertz CT molecular complexity index is 406. The minimum absolute atomic E-state index is 0.246. The second-order valence-corrected chi connectivity index (χ2v) is 6.80. The van der Waals surface area contributed by atoms with Crippen molar-refractivity contribution in [2.24, 2.45) is 0 Å². The first kappa shape index (κ1) is 17.6. The lowest BCUT2D eigenvalue weighted by molar-refractivity contribution is -0.0206. The van der Waals surface area contributed by atoms with Crippen LogP contribution in [0.15, 0.2) is 12.7 Å². The van der Waals surface area contributed by atoms with Gasteiger partial charge in [0.05, 0.1) is 6.07 Å². The molecule has 0 aromatic heterocycles. The van der Waals surface area contributed by atoms with Crippen molar-refractivity contribution in [2.75, 3.05) is 6.54 Å². The Labute approximate surface area is 128 Å². The number of nitrogens with zero attached hydrogens (tertiary/aromatic N) is 2. The van der Waals surface area contributed by atoms with E-state index in [9.17, 15) is 4.79 Å². The largest absolute Gasteiger partial charge is 0.444 e. The zero-order valence-corrected chi connectivity index (χ0v) is 13.7. The Morgan fingerprint density at radius 2 is 2.14 bits per heavy atom. The molecule has 1 fully saturated rings. The molecule has 1 rings (SSSR count). The van der Waals surface area contributed by atoms with Gasteiger partial charge in [-0.2, -0.15) is 5.26 Å². The molecule has 4 heteroatoms. The van der Waals surface area contributed by atoms with Gasteiger partial charge in [0.1, 0.15) is 5.60 Å². The summed E-state index contributed by atoms with van der Waals surface area (Å²) in [4.78, 5) is 14.4. The highest BCUT2D eigenvalue weighted by Gasteiger charge is 2.42. The predicted molar refractivity (Wildman–Crippen MR) is 83.8 cm³/mol. The van der Waals surface area contributed by atoms with Crippen molar-refractivity contribution in [3.05, 3.63) is 12.7 Å². The topological polar surface area (TPSA) is 53.3 Å². The molecule has 1 aliphatic rings. The first-order valence-electron chi connectivity index (χ1n) is 7.83. The molecule has 1 aliphatic heterocycles. The molecular weight excluding hydrogens is 264 g/mol. The molecule has 4 nitrogen and oxygen atoms in total. The lowest BCUT2D eigenvalue weighted by Gasteiger charge is -2.47. The molecule has 1 atom stereocenters. The standard InChI is InChI=1S/C17H28N2O2/c1-5-6-10-17(12-9-13-18)11-7-8-14-19(17)15(20)21-16(2,3)4/h5H,1,6-12,14H2,2-4H3. The van der Waals surface area contributed by atoms with Gasteiger partial charge in [0.2, 0.25) is 0 Å². The Morgan fingerprint density at radius 3 is 2.71 bits per heavy atom. The Balaban J connectivity index is 2.95. The first-order chi connectivity index (χ1) is 9.84. The summed E-state index contributed by atoms with van der Waals surface area (Å²) in [6.45, 7) is 10.2. The third kappa shape index (κ3) is 5.08. The van der Waals surface area contributed by atoms with Gasteiger partial charge in [0.25, 0.3) is 0 Å². The van der Waals surface area contributed by atoms with Gasteiger partial charge >= 0.3 is 6.09 Å². The summed E-state index contributed by atoms with van der Waals surface area (Å²) in [5.74, 6) is 0. The van der Waals surface area contributed by atoms with E-state index in [0.717, 1.165) is 45.1 Å². The maximum atomic E-state index is 12.6. The molecule has 0 radical (unpaired) electrons. The average molecular weight is 292 g/mol. The van der Waals surface area contributed by atoms with Gasteiger partial charge in [0.15, 0.2) is 0 Å². The molecule has 1 amide bonds. The maximum Gasteiger partial charge on any atom is 0.410 e. The maximum absolute atomic E-state index is 12.6. The van der Waals surface area contributed by atoms with Crippen LogP contribution in [-0.4, -0.2) is 28.7 Å². The lowest BCUT2D eigenvalue weighted by Crippen LogP contribution is -2.55. The molecule has 0 aliphatic carbocycles. The third-order valence-electron chi connectivity index (χ3n) is 3.98. The second-order valence-electron chi connectivity index (χ2n) is 6.80. The van der Waals surface area contributed by atoms with E-state index in [1.165, 1.54) is 0 Å². The predicted octanol–water partition coefficient (Wildman–Crippen LogP) is 4.42. The van der Waals surface area contributed by atoms with Crippen molar-refractivity contribution in [1.29, 1.82) is 5.26 Å². The summed E-state index contributed by atoms with van der Waals surface area (Å²) in [6.07, 6.45) is 7.58. The van der Waals surface area contributed by atoms with Crippen LogP contribution in [0.2, 0.25) is 0 Å². The summed E-state index contributed by atoms with van der Waals surface area (Å²) < 4.78 is 5.57. The van der Waals surface area contributed by atoms with Crippen molar-refractivity contribution < 1.29 is 9.53 Å². The van der Waals surface area contributed by atoms with Gasteiger partial charge < -0.3 is 9.64 Å². The summed E-state index contributed by atoms with van der Waals surface area (Å²) in [7, 11) is 0. The SMILES string of the molecule is C=CCCC1(CCC#N)CCCCN1C(=O)OC(C)(C)C. The number of carbonyl (C=O) groups excluding carboxylic acids is 1. The minimum atomic E-state index is -0.492. The van der Waals surface area contributed by atoms with Crippen molar-refractivity contribution in [2.45, 2.75) is 76.9 Å². The number of carbonyl (C=O) groups is 1. The van der Waals surface area contributed by atoms with Crippen LogP contribution in [0.4, 0.5) is 4.79 Å². The molecule has 0 spiro atoms. The number of hydrogen-bond donors (Lipinski definition) is 0. The number of amides is 1. The monoisotopic (exact) mass is 292 g/mol. The van der Waals surface area contributed by atoms with E-state index in [-0.39, 0.29) is 11.6 Å². The Kier molecular flexibility index (Phi) is 6.26. The van der Waals surface area contributed by atoms with E-state index < -0.39 is 5.60 Å². The number of hydrogen-bond acceptors (Lipinski definition) is 3. The molecule has 0 bridgehead atoms. The fraction of sp³-hybridized carbons (Fsp3) is 0.765. The van der Waals surface area contributed by atoms with E-state index in [2.05, 4.69) is 12.6 Å². The Hall–Kier alpha value is -1.50. The molecule has 1 saturated heterocycles. The highest BCUT2D eigenvalue weighted by atomic mass is 16.6. The van der Waals surface area contributed by atoms with Gasteiger partial charge in [-0.25, -0.2) is 4.79 Å². The zero-order chi connectivity index (χ0) is 15.9. The van der Waals surface area contributed by atoms with Gasteiger partial charge in [0, 0.05) is 18.5 Å². The van der Waals surface area contributed by atoms with Crippen molar-refractivity contribution in [3.8, 4) is 6.07 Å². The van der Waals surface area contributed by atoms with Crippen molar-refractivity contribution >= 4 is 6.09 Å². The van der Waals surface area contributed by atoms with Crippen LogP contribution in [0, 0.1) is 11.3 Å². The molecule has 21 heavy (non-hydrogen) atoms. The van der Waals surface area contributed by atoms with E-state index in [1.54, 1.807) is 0 Å². The van der Waals surface area contributed by atoms with Crippen LogP contribution >= 0.6 is 0 Å². The number of likely N-dealkylation sites (tertiary alicyclic amines) is 1. The zero-order valence-electron chi connectivity index (χ0n) is 13.7. The molecule has 0 aromatic carbocycles. The number of ether oxygens (including phenoxy) is 1. The average Bonchev–Trinajstić information content (AvgIpc) is 2.41. The molecule has 1 unspecified atom stereocenters. The normalized spacial score (nSPS) is 22.5. The van der Waals surface area contributed by atoms with Crippen LogP contribution in [0.3, 0.4) is 0 Å². The van der Waals surface area contributed by atoms with E-state index in [1.807, 2.05) is 31.7 Å². The summed E-state index contributed by atoms with van der Waals surface area (Å²) in [6, 6.07) is 2.22. The first-order valence-corrected chi connectivity index (χ1v) is 7.83. The quantitative estimate of drug-likeness (QED) is 0.705. The van der Waals surface area contributed by atoms with E-state index in [4.69, 9.17) is 10.00 Å². The highest BCUT2D eigenvalue weighted by Crippen LogP contribution is 2.37. The fourth-order valence-corrected chi connectivity index (χ4v) is 3.00. The van der Waals surface area contributed by atoms with Crippen molar-refractivity contribution in [1.82, 2.24) is 4.90 Å². The molecule has 118 valence electrons. The van der Waals surface area contributed by atoms with Gasteiger partial charge in [-0.1, -0.05) is 6.08 Å². The van der Waals surface area contributed by atoms with Gasteiger partial charge in [-0.05, 0) is 59.3 Å². The highest BCUT2D eigenvalue weighted by molar-refractivity contribution is 5.69. The third-order valence-corrected chi connectivity index (χ3v) is 3.98. The number of allylic oxidation sites excluding steroid dienone is 1. The van der Waals surface area contributed by atoms with E-state index in [0.29, 0.717) is 6.42 Å². The van der Waals surface area contributed by atoms with Crippen LogP contribution < -0.4 is 0 Å². The van der Waals surface area contributed by atoms with Gasteiger partial charge in [-0.3, -0.25) is 0 Å². The Morgan fingerprint density at radius 1 is 1.43 bits per heavy atom. The number of rotatable bonds is 5. The molecule has 0 aromatic rings. The van der Waals surface area contributed by atoms with Gasteiger partial charge in [-0.15, -0.1) is 6.58 Å². The van der Waals surface area contributed by atoms with Crippen LogP contribution in [0.5, 0.6) is 0 Å². The second kappa shape index (κ2) is 7.49. The lowest BCUT2D eigenvalue weighted by atomic mass is 9.79. The van der Waals surface area contributed by atoms with Crippen LogP contribution in [0.25, 0.3) is 0 Å². The number of piperidine rings is 1. The van der Waals surface area contributed by atoms with E-state index >= 15 is 0 Å². The molecule has 1 heterocycles.